The van der Waals surface area contributed by atoms with Gasteiger partial charge >= 0.3 is 5.97 Å². The molecule has 0 radical (unpaired) electrons. The van der Waals surface area contributed by atoms with Crippen molar-refractivity contribution in [3.8, 4) is 11.5 Å². The van der Waals surface area contributed by atoms with Crippen molar-refractivity contribution in [2.45, 2.75) is 6.92 Å². The largest absolute Gasteiger partial charge is 0.504 e. The summed E-state index contributed by atoms with van der Waals surface area (Å²) < 4.78 is 4.85. The highest BCUT2D eigenvalue weighted by atomic mass is 16.5. The third-order valence-electron chi connectivity index (χ3n) is 3.73. The SMILES string of the molecule is Cc1ccc(C(=O)OCC(=O)Nc2ccc(C(=O)N(C)C)cc2)c(O)c1O. The number of amides is 2. The molecule has 27 heavy (non-hydrogen) atoms. The van der Waals surface area contributed by atoms with Gasteiger partial charge in [0.15, 0.2) is 18.1 Å². The smallest absolute Gasteiger partial charge is 0.342 e. The number of ether oxygens (including phenoxy) is 1. The van der Waals surface area contributed by atoms with Gasteiger partial charge in [-0.15, -0.1) is 0 Å². The molecule has 2 amide bonds. The number of rotatable bonds is 5. The Morgan fingerprint density at radius 3 is 2.22 bits per heavy atom. The quantitative estimate of drug-likeness (QED) is 0.545. The second kappa shape index (κ2) is 8.22. The number of anilines is 1. The molecule has 2 aromatic rings. The Balaban J connectivity index is 1.94. The van der Waals surface area contributed by atoms with Gasteiger partial charge in [0.2, 0.25) is 0 Å². The fraction of sp³-hybridized carbons (Fsp3) is 0.211. The zero-order valence-corrected chi connectivity index (χ0v) is 15.1. The van der Waals surface area contributed by atoms with Gasteiger partial charge < -0.3 is 25.2 Å². The molecule has 2 rings (SSSR count). The first-order valence-electron chi connectivity index (χ1n) is 8.01. The fourth-order valence-corrected chi connectivity index (χ4v) is 2.21. The van der Waals surface area contributed by atoms with E-state index in [9.17, 15) is 24.6 Å². The normalized spacial score (nSPS) is 10.2. The van der Waals surface area contributed by atoms with Crippen molar-refractivity contribution in [3.05, 3.63) is 53.1 Å². The minimum Gasteiger partial charge on any atom is -0.504 e. The van der Waals surface area contributed by atoms with Crippen LogP contribution in [0.5, 0.6) is 11.5 Å². The Bertz CT molecular complexity index is 875. The van der Waals surface area contributed by atoms with Crippen LogP contribution in [0, 0.1) is 6.92 Å². The van der Waals surface area contributed by atoms with E-state index >= 15 is 0 Å². The molecule has 0 aliphatic heterocycles. The number of benzene rings is 2. The highest BCUT2D eigenvalue weighted by molar-refractivity contribution is 5.98. The van der Waals surface area contributed by atoms with Crippen molar-refractivity contribution in [2.24, 2.45) is 0 Å². The van der Waals surface area contributed by atoms with Gasteiger partial charge in [0.05, 0.1) is 0 Å². The zero-order chi connectivity index (χ0) is 20.1. The van der Waals surface area contributed by atoms with E-state index in [1.54, 1.807) is 45.3 Å². The van der Waals surface area contributed by atoms with E-state index in [4.69, 9.17) is 4.74 Å². The maximum absolute atomic E-state index is 12.0. The third-order valence-corrected chi connectivity index (χ3v) is 3.73. The number of nitrogens with one attached hydrogen (secondary N) is 1. The van der Waals surface area contributed by atoms with Gasteiger partial charge in [-0.1, -0.05) is 6.07 Å². The lowest BCUT2D eigenvalue weighted by Gasteiger charge is -2.11. The van der Waals surface area contributed by atoms with Gasteiger partial charge in [-0.3, -0.25) is 9.59 Å². The molecule has 0 bridgehead atoms. The summed E-state index contributed by atoms with van der Waals surface area (Å²) in [6.45, 7) is 0.986. The van der Waals surface area contributed by atoms with E-state index in [1.165, 1.54) is 17.0 Å². The number of hydrogen-bond donors (Lipinski definition) is 3. The van der Waals surface area contributed by atoms with Gasteiger partial charge in [0.25, 0.3) is 11.8 Å². The number of carbonyl (C=O) groups is 3. The number of aryl methyl sites for hydroxylation is 1. The van der Waals surface area contributed by atoms with Crippen molar-refractivity contribution in [2.75, 3.05) is 26.0 Å². The lowest BCUT2D eigenvalue weighted by atomic mass is 10.1. The van der Waals surface area contributed by atoms with Crippen LogP contribution in [0.4, 0.5) is 5.69 Å². The zero-order valence-electron chi connectivity index (χ0n) is 15.1. The molecule has 0 heterocycles. The van der Waals surface area contributed by atoms with Crippen molar-refractivity contribution in [1.29, 1.82) is 0 Å². The van der Waals surface area contributed by atoms with Crippen LogP contribution < -0.4 is 5.32 Å². The Kier molecular flexibility index (Phi) is 6.02. The predicted molar refractivity (Wildman–Crippen MR) is 97.9 cm³/mol. The maximum Gasteiger partial charge on any atom is 0.342 e. The van der Waals surface area contributed by atoms with E-state index < -0.39 is 30.0 Å². The number of esters is 1. The summed E-state index contributed by atoms with van der Waals surface area (Å²) in [4.78, 5) is 37.1. The highest BCUT2D eigenvalue weighted by Gasteiger charge is 2.18. The van der Waals surface area contributed by atoms with Gasteiger partial charge in [-0.25, -0.2) is 4.79 Å². The number of aromatic hydroxyl groups is 2. The van der Waals surface area contributed by atoms with Crippen LogP contribution >= 0.6 is 0 Å². The highest BCUT2D eigenvalue weighted by Crippen LogP contribution is 2.32. The molecule has 0 unspecified atom stereocenters. The van der Waals surface area contributed by atoms with Gasteiger partial charge in [0, 0.05) is 25.3 Å². The molecule has 3 N–H and O–H groups in total. The Morgan fingerprint density at radius 2 is 1.63 bits per heavy atom. The van der Waals surface area contributed by atoms with Crippen molar-refractivity contribution < 1.29 is 29.3 Å². The summed E-state index contributed by atoms with van der Waals surface area (Å²) in [5.41, 5.74) is 1.07. The molecule has 8 heteroatoms. The predicted octanol–water partition coefficient (Wildman–Crippen LogP) is 1.90. The van der Waals surface area contributed by atoms with Gasteiger partial charge in [-0.2, -0.15) is 0 Å². The molecular weight excluding hydrogens is 352 g/mol. The second-order valence-electron chi connectivity index (χ2n) is 6.03. The molecule has 142 valence electrons. The van der Waals surface area contributed by atoms with Crippen LogP contribution in [0.3, 0.4) is 0 Å². The van der Waals surface area contributed by atoms with Gasteiger partial charge in [-0.05, 0) is 42.8 Å². The summed E-state index contributed by atoms with van der Waals surface area (Å²) >= 11 is 0. The lowest BCUT2D eigenvalue weighted by Crippen LogP contribution is -2.22. The van der Waals surface area contributed by atoms with Crippen LogP contribution in [0.1, 0.15) is 26.3 Å². The van der Waals surface area contributed by atoms with E-state index in [1.807, 2.05) is 0 Å². The van der Waals surface area contributed by atoms with Crippen LogP contribution in [0.2, 0.25) is 0 Å². The number of nitrogens with zero attached hydrogens (tertiary/aromatic N) is 1. The number of phenols is 2. The summed E-state index contributed by atoms with van der Waals surface area (Å²) in [5, 5.41) is 21.9. The molecule has 0 fully saturated rings. The van der Waals surface area contributed by atoms with Crippen molar-refractivity contribution in [1.82, 2.24) is 4.90 Å². The number of phenolic OH excluding ortho intramolecular Hbond substituents is 2. The van der Waals surface area contributed by atoms with E-state index in [0.717, 1.165) is 0 Å². The Labute approximate surface area is 156 Å². The second-order valence-corrected chi connectivity index (χ2v) is 6.03. The average molecular weight is 372 g/mol. The fourth-order valence-electron chi connectivity index (χ4n) is 2.21. The molecular formula is C19H20N2O6. The van der Waals surface area contributed by atoms with Crippen LogP contribution in [0.25, 0.3) is 0 Å². The maximum atomic E-state index is 12.0. The topological polar surface area (TPSA) is 116 Å². The Morgan fingerprint density at radius 1 is 1.00 bits per heavy atom. The summed E-state index contributed by atoms with van der Waals surface area (Å²) in [7, 11) is 3.27. The van der Waals surface area contributed by atoms with Crippen molar-refractivity contribution in [3.63, 3.8) is 0 Å². The van der Waals surface area contributed by atoms with Gasteiger partial charge in [0.1, 0.15) is 5.56 Å². The molecule has 0 saturated heterocycles. The minimum absolute atomic E-state index is 0.164. The molecule has 0 spiro atoms. The minimum atomic E-state index is -0.940. The summed E-state index contributed by atoms with van der Waals surface area (Å²) in [6, 6.07) is 8.99. The summed E-state index contributed by atoms with van der Waals surface area (Å²) in [6.07, 6.45) is 0. The van der Waals surface area contributed by atoms with E-state index in [2.05, 4.69) is 5.32 Å². The first-order chi connectivity index (χ1) is 12.7. The standard InChI is InChI=1S/C19H20N2O6/c1-11-4-9-14(17(24)16(11)23)19(26)27-10-15(22)20-13-7-5-12(6-8-13)18(25)21(2)3/h4-9,23-24H,10H2,1-3H3,(H,20,22). The van der Waals surface area contributed by atoms with E-state index in [-0.39, 0.29) is 11.5 Å². The third kappa shape index (κ3) is 4.75. The average Bonchev–Trinajstić information content (AvgIpc) is 2.64. The number of carbonyl (C=O) groups excluding carboxylic acids is 3. The molecule has 0 atom stereocenters. The number of hydrogen-bond acceptors (Lipinski definition) is 6. The molecule has 2 aromatic carbocycles. The molecule has 8 nitrogen and oxygen atoms in total. The first kappa shape index (κ1) is 19.8. The van der Waals surface area contributed by atoms with E-state index in [0.29, 0.717) is 16.8 Å². The van der Waals surface area contributed by atoms with Crippen molar-refractivity contribution >= 4 is 23.5 Å². The molecule has 0 aromatic heterocycles. The monoisotopic (exact) mass is 372 g/mol. The van der Waals surface area contributed by atoms with Crippen LogP contribution in [-0.4, -0.2) is 53.6 Å². The molecule has 0 aliphatic rings. The van der Waals surface area contributed by atoms with Crippen LogP contribution in [-0.2, 0) is 9.53 Å². The lowest BCUT2D eigenvalue weighted by molar-refractivity contribution is -0.119. The molecule has 0 saturated carbocycles. The molecule has 0 aliphatic carbocycles. The van der Waals surface area contributed by atoms with Crippen LogP contribution in [0.15, 0.2) is 36.4 Å². The summed E-state index contributed by atoms with van der Waals surface area (Å²) in [5.74, 6) is -2.71. The first-order valence-corrected chi connectivity index (χ1v) is 8.01. The Hall–Kier alpha value is -3.55.